The molecule has 0 fully saturated rings. The van der Waals surface area contributed by atoms with Gasteiger partial charge in [0.1, 0.15) is 5.65 Å². The van der Waals surface area contributed by atoms with E-state index in [1.807, 2.05) is 12.1 Å². The third-order valence-electron chi connectivity index (χ3n) is 4.73. The van der Waals surface area contributed by atoms with Gasteiger partial charge in [-0.3, -0.25) is 0 Å². The zero-order chi connectivity index (χ0) is 15.8. The van der Waals surface area contributed by atoms with E-state index in [-0.39, 0.29) is 0 Å². The highest BCUT2D eigenvalue weighted by atomic mass is 35.5. The van der Waals surface area contributed by atoms with Gasteiger partial charge < -0.3 is 9.72 Å². The van der Waals surface area contributed by atoms with E-state index in [4.69, 9.17) is 16.6 Å². The van der Waals surface area contributed by atoms with Crippen LogP contribution in [-0.4, -0.2) is 15.4 Å². The molecule has 1 aliphatic carbocycles. The molecule has 118 valence electrons. The van der Waals surface area contributed by atoms with Crippen LogP contribution in [0.25, 0.3) is 5.65 Å². The van der Waals surface area contributed by atoms with Crippen LogP contribution in [0.1, 0.15) is 28.8 Å². The van der Waals surface area contributed by atoms with Crippen LogP contribution in [0.5, 0.6) is 0 Å². The standard InChI is InChI=1S/C19H20ClN3/c1-13-4-3-9-23-12-16(22-19(13)23)11-21-15-8-7-14-5-2-6-18(20)17(14)10-15/h2-6,9,12,15,21H,7-8,10-11H2,1H3. The number of nitrogens with one attached hydrogen (secondary N) is 1. The number of aromatic nitrogens is 2. The van der Waals surface area contributed by atoms with Crippen molar-refractivity contribution < 1.29 is 0 Å². The van der Waals surface area contributed by atoms with Gasteiger partial charge in [-0.15, -0.1) is 0 Å². The lowest BCUT2D eigenvalue weighted by Gasteiger charge is -2.26. The number of nitrogens with zero attached hydrogens (tertiary/aromatic N) is 2. The molecule has 4 heteroatoms. The summed E-state index contributed by atoms with van der Waals surface area (Å²) in [6.45, 7) is 2.89. The number of benzene rings is 1. The van der Waals surface area contributed by atoms with Crippen LogP contribution >= 0.6 is 11.6 Å². The monoisotopic (exact) mass is 325 g/mol. The molecule has 0 aliphatic heterocycles. The summed E-state index contributed by atoms with van der Waals surface area (Å²) in [5.41, 5.74) is 6.05. The van der Waals surface area contributed by atoms with E-state index in [9.17, 15) is 0 Å². The van der Waals surface area contributed by atoms with Crippen molar-refractivity contribution in [2.75, 3.05) is 0 Å². The number of halogens is 1. The lowest BCUT2D eigenvalue weighted by atomic mass is 9.88. The predicted octanol–water partition coefficient (Wildman–Crippen LogP) is 3.94. The first-order valence-electron chi connectivity index (χ1n) is 8.13. The van der Waals surface area contributed by atoms with Crippen molar-refractivity contribution in [3.63, 3.8) is 0 Å². The van der Waals surface area contributed by atoms with Gasteiger partial charge in [-0.05, 0) is 55.0 Å². The molecule has 1 aromatic carbocycles. The van der Waals surface area contributed by atoms with Crippen molar-refractivity contribution in [1.29, 1.82) is 0 Å². The third kappa shape index (κ3) is 2.87. The number of hydrogen-bond donors (Lipinski definition) is 1. The molecular weight excluding hydrogens is 306 g/mol. The summed E-state index contributed by atoms with van der Waals surface area (Å²) in [6, 6.07) is 10.9. The smallest absolute Gasteiger partial charge is 0.139 e. The molecule has 0 saturated carbocycles. The molecule has 3 nitrogen and oxygen atoms in total. The highest BCUT2D eigenvalue weighted by Crippen LogP contribution is 2.28. The average Bonchev–Trinajstić information content (AvgIpc) is 2.98. The molecule has 1 unspecified atom stereocenters. The number of pyridine rings is 1. The predicted molar refractivity (Wildman–Crippen MR) is 94.0 cm³/mol. The highest BCUT2D eigenvalue weighted by Gasteiger charge is 2.20. The van der Waals surface area contributed by atoms with Crippen LogP contribution in [0.4, 0.5) is 0 Å². The fraction of sp³-hybridized carbons (Fsp3) is 0.316. The van der Waals surface area contributed by atoms with E-state index in [2.05, 4.69) is 47.2 Å². The molecule has 23 heavy (non-hydrogen) atoms. The minimum atomic E-state index is 0.466. The van der Waals surface area contributed by atoms with Gasteiger partial charge >= 0.3 is 0 Å². The lowest BCUT2D eigenvalue weighted by molar-refractivity contribution is 0.455. The Hall–Kier alpha value is -1.84. The van der Waals surface area contributed by atoms with E-state index in [1.54, 1.807) is 0 Å². The normalized spacial score (nSPS) is 17.4. The van der Waals surface area contributed by atoms with Crippen LogP contribution in [0, 0.1) is 6.92 Å². The topological polar surface area (TPSA) is 29.3 Å². The van der Waals surface area contributed by atoms with Crippen LogP contribution in [0.15, 0.2) is 42.7 Å². The Kier molecular flexibility index (Phi) is 3.83. The first-order chi connectivity index (χ1) is 11.2. The summed E-state index contributed by atoms with van der Waals surface area (Å²) in [7, 11) is 0. The Morgan fingerprint density at radius 1 is 1.30 bits per heavy atom. The van der Waals surface area contributed by atoms with Crippen LogP contribution in [0.3, 0.4) is 0 Å². The second-order valence-corrected chi connectivity index (χ2v) is 6.76. The van der Waals surface area contributed by atoms with Crippen LogP contribution in [-0.2, 0) is 19.4 Å². The molecule has 4 rings (SSSR count). The average molecular weight is 326 g/mol. The van der Waals surface area contributed by atoms with Gasteiger partial charge in [0.2, 0.25) is 0 Å². The fourth-order valence-electron chi connectivity index (χ4n) is 3.46. The summed E-state index contributed by atoms with van der Waals surface area (Å²) in [5.74, 6) is 0. The number of imidazole rings is 1. The maximum atomic E-state index is 6.35. The second kappa shape index (κ2) is 5.99. The van der Waals surface area contributed by atoms with Crippen LogP contribution in [0.2, 0.25) is 5.02 Å². The molecule has 3 aromatic rings. The quantitative estimate of drug-likeness (QED) is 0.790. The minimum absolute atomic E-state index is 0.466. The van der Waals surface area contributed by atoms with Crippen molar-refractivity contribution >= 4 is 17.2 Å². The van der Waals surface area contributed by atoms with Crippen molar-refractivity contribution in [3.8, 4) is 0 Å². The van der Waals surface area contributed by atoms with E-state index >= 15 is 0 Å². The Morgan fingerprint density at radius 2 is 2.22 bits per heavy atom. The highest BCUT2D eigenvalue weighted by molar-refractivity contribution is 6.31. The number of aryl methyl sites for hydroxylation is 2. The first kappa shape index (κ1) is 14.7. The van der Waals surface area contributed by atoms with Crippen molar-refractivity contribution in [2.24, 2.45) is 0 Å². The molecule has 0 saturated heterocycles. The zero-order valence-electron chi connectivity index (χ0n) is 13.2. The lowest BCUT2D eigenvalue weighted by Crippen LogP contribution is -2.34. The van der Waals surface area contributed by atoms with Crippen molar-refractivity contribution in [1.82, 2.24) is 14.7 Å². The molecule has 1 N–H and O–H groups in total. The molecule has 2 heterocycles. The summed E-state index contributed by atoms with van der Waals surface area (Å²) in [6.07, 6.45) is 7.41. The molecule has 0 amide bonds. The molecular formula is C19H20ClN3. The summed E-state index contributed by atoms with van der Waals surface area (Å²) < 4.78 is 2.10. The maximum Gasteiger partial charge on any atom is 0.139 e. The SMILES string of the molecule is Cc1cccn2cc(CNC3CCc4cccc(Cl)c4C3)nc12. The largest absolute Gasteiger partial charge is 0.308 e. The van der Waals surface area contributed by atoms with Gasteiger partial charge in [0, 0.05) is 30.0 Å². The van der Waals surface area contributed by atoms with Gasteiger partial charge in [-0.25, -0.2) is 4.98 Å². The molecule has 2 aromatic heterocycles. The zero-order valence-corrected chi connectivity index (χ0v) is 14.0. The Labute approximate surface area is 141 Å². The van der Waals surface area contributed by atoms with E-state index in [0.29, 0.717) is 6.04 Å². The molecule has 0 bridgehead atoms. The molecule has 0 spiro atoms. The van der Waals surface area contributed by atoms with E-state index in [0.717, 1.165) is 42.2 Å². The summed E-state index contributed by atoms with van der Waals surface area (Å²) in [5, 5.41) is 4.55. The van der Waals surface area contributed by atoms with Crippen LogP contribution < -0.4 is 5.32 Å². The van der Waals surface area contributed by atoms with Gasteiger partial charge in [0.25, 0.3) is 0 Å². The van der Waals surface area contributed by atoms with Crippen molar-refractivity contribution in [3.05, 3.63) is 70.1 Å². The van der Waals surface area contributed by atoms with E-state index in [1.165, 1.54) is 16.7 Å². The number of rotatable bonds is 3. The number of hydrogen-bond acceptors (Lipinski definition) is 2. The molecule has 0 radical (unpaired) electrons. The minimum Gasteiger partial charge on any atom is -0.308 e. The Balaban J connectivity index is 1.47. The first-order valence-corrected chi connectivity index (χ1v) is 8.51. The van der Waals surface area contributed by atoms with Gasteiger partial charge in [-0.1, -0.05) is 29.8 Å². The molecule has 1 atom stereocenters. The Bertz CT molecular complexity index is 853. The van der Waals surface area contributed by atoms with Gasteiger partial charge in [0.05, 0.1) is 5.69 Å². The van der Waals surface area contributed by atoms with E-state index < -0.39 is 0 Å². The van der Waals surface area contributed by atoms with Crippen molar-refractivity contribution in [2.45, 2.75) is 38.8 Å². The fourth-order valence-corrected chi connectivity index (χ4v) is 3.73. The van der Waals surface area contributed by atoms with Gasteiger partial charge in [-0.2, -0.15) is 0 Å². The summed E-state index contributed by atoms with van der Waals surface area (Å²) >= 11 is 6.35. The summed E-state index contributed by atoms with van der Waals surface area (Å²) in [4.78, 5) is 4.73. The second-order valence-electron chi connectivity index (χ2n) is 6.35. The number of fused-ring (bicyclic) bond motifs is 2. The third-order valence-corrected chi connectivity index (χ3v) is 5.08. The van der Waals surface area contributed by atoms with Gasteiger partial charge in [0.15, 0.2) is 0 Å². The maximum absolute atomic E-state index is 6.35. The molecule has 1 aliphatic rings. The Morgan fingerprint density at radius 3 is 3.09 bits per heavy atom.